The Kier molecular flexibility index (Phi) is 3.26. The quantitative estimate of drug-likeness (QED) is 0.562. The molecule has 0 aliphatic carbocycles. The highest BCUT2D eigenvalue weighted by Crippen LogP contribution is 2.17. The van der Waals surface area contributed by atoms with Crippen LogP contribution in [-0.4, -0.2) is 9.55 Å². The lowest BCUT2D eigenvalue weighted by Crippen LogP contribution is -2.02. The predicted molar refractivity (Wildman–Crippen MR) is 67.2 cm³/mol. The molecular weight excluding hydrogens is 196 g/mol. The average molecular weight is 212 g/mol. The fourth-order valence-corrected chi connectivity index (χ4v) is 1.98. The van der Waals surface area contributed by atoms with E-state index in [0.29, 0.717) is 0 Å². The molecule has 0 aliphatic rings. The van der Waals surface area contributed by atoms with Gasteiger partial charge in [-0.1, -0.05) is 19.1 Å². The number of imidazole rings is 1. The number of fused-ring (bicyclic) bond motifs is 1. The van der Waals surface area contributed by atoms with Gasteiger partial charge < -0.3 is 4.57 Å². The van der Waals surface area contributed by atoms with Crippen LogP contribution in [-0.2, 0) is 13.0 Å². The molecule has 82 valence electrons. The van der Waals surface area contributed by atoms with Gasteiger partial charge in [0.25, 0.3) is 0 Å². The number of nitrogens with zero attached hydrogens (tertiary/aromatic N) is 2. The zero-order valence-electron chi connectivity index (χ0n) is 9.61. The lowest BCUT2D eigenvalue weighted by molar-refractivity contribution is 0.640. The van der Waals surface area contributed by atoms with Crippen molar-refractivity contribution in [3.05, 3.63) is 30.1 Å². The molecule has 1 heterocycles. The van der Waals surface area contributed by atoms with E-state index >= 15 is 0 Å². The first-order valence-corrected chi connectivity index (χ1v) is 5.74. The van der Waals surface area contributed by atoms with Crippen LogP contribution in [0.4, 0.5) is 0 Å². The van der Waals surface area contributed by atoms with Gasteiger partial charge in [0, 0.05) is 19.4 Å². The number of unbranched alkanes of at least 4 members (excludes halogenated alkanes) is 1. The molecular formula is C14H16N2. The first-order valence-electron chi connectivity index (χ1n) is 5.74. The van der Waals surface area contributed by atoms with Gasteiger partial charge in [0.15, 0.2) is 0 Å². The van der Waals surface area contributed by atoms with Crippen molar-refractivity contribution in [3.8, 4) is 12.3 Å². The summed E-state index contributed by atoms with van der Waals surface area (Å²) in [5.74, 6) is 3.83. The molecule has 16 heavy (non-hydrogen) atoms. The van der Waals surface area contributed by atoms with Crippen molar-refractivity contribution in [2.24, 2.45) is 0 Å². The van der Waals surface area contributed by atoms with Gasteiger partial charge >= 0.3 is 0 Å². The first kappa shape index (κ1) is 10.8. The molecule has 2 heteroatoms. The second-order valence-corrected chi connectivity index (χ2v) is 3.83. The van der Waals surface area contributed by atoms with E-state index in [1.54, 1.807) is 0 Å². The molecule has 2 rings (SSSR count). The summed E-state index contributed by atoms with van der Waals surface area (Å²) >= 11 is 0. The molecule has 0 fully saturated rings. The number of hydrogen-bond acceptors (Lipinski definition) is 1. The van der Waals surface area contributed by atoms with Gasteiger partial charge in [0.2, 0.25) is 0 Å². The van der Waals surface area contributed by atoms with Crippen LogP contribution < -0.4 is 0 Å². The van der Waals surface area contributed by atoms with E-state index < -0.39 is 0 Å². The smallest absolute Gasteiger partial charge is 0.109 e. The number of aromatic nitrogens is 2. The highest BCUT2D eigenvalue weighted by molar-refractivity contribution is 5.75. The number of aryl methyl sites for hydroxylation is 2. The lowest BCUT2D eigenvalue weighted by Gasteiger charge is -2.06. The number of benzene rings is 1. The van der Waals surface area contributed by atoms with Crippen LogP contribution in [0.3, 0.4) is 0 Å². The number of rotatable bonds is 4. The van der Waals surface area contributed by atoms with E-state index in [-0.39, 0.29) is 0 Å². The SMILES string of the molecule is C#CCCCn1c(CC)nc2ccccc21. The zero-order chi connectivity index (χ0) is 11.4. The molecule has 0 saturated carbocycles. The molecule has 0 atom stereocenters. The summed E-state index contributed by atoms with van der Waals surface area (Å²) in [5, 5.41) is 0. The summed E-state index contributed by atoms with van der Waals surface area (Å²) in [6, 6.07) is 8.27. The molecule has 0 N–H and O–H groups in total. The van der Waals surface area contributed by atoms with Gasteiger partial charge in [-0.05, 0) is 18.6 Å². The third-order valence-electron chi connectivity index (χ3n) is 2.75. The molecule has 0 bridgehead atoms. The molecule has 0 amide bonds. The molecule has 1 aromatic heterocycles. The normalized spacial score (nSPS) is 10.5. The minimum atomic E-state index is 0.829. The maximum Gasteiger partial charge on any atom is 0.109 e. The van der Waals surface area contributed by atoms with E-state index in [4.69, 9.17) is 6.42 Å². The Morgan fingerprint density at radius 3 is 2.94 bits per heavy atom. The Bertz CT molecular complexity index is 517. The van der Waals surface area contributed by atoms with Crippen LogP contribution in [0, 0.1) is 12.3 Å². The van der Waals surface area contributed by atoms with Crippen molar-refractivity contribution in [1.82, 2.24) is 9.55 Å². The largest absolute Gasteiger partial charge is 0.328 e. The van der Waals surface area contributed by atoms with Gasteiger partial charge in [-0.3, -0.25) is 0 Å². The fourth-order valence-electron chi connectivity index (χ4n) is 1.98. The number of terminal acetylenes is 1. The van der Waals surface area contributed by atoms with Crippen molar-refractivity contribution in [1.29, 1.82) is 0 Å². The van der Waals surface area contributed by atoms with Crippen molar-refractivity contribution in [3.63, 3.8) is 0 Å². The van der Waals surface area contributed by atoms with Gasteiger partial charge in [-0.25, -0.2) is 4.98 Å². The second kappa shape index (κ2) is 4.85. The van der Waals surface area contributed by atoms with Crippen LogP contribution in [0.25, 0.3) is 11.0 Å². The average Bonchev–Trinajstić information content (AvgIpc) is 2.68. The molecule has 2 aromatic rings. The molecule has 1 aromatic carbocycles. The summed E-state index contributed by atoms with van der Waals surface area (Å²) in [7, 11) is 0. The van der Waals surface area contributed by atoms with E-state index in [1.807, 2.05) is 6.07 Å². The molecule has 0 unspecified atom stereocenters. The molecule has 0 radical (unpaired) electrons. The van der Waals surface area contributed by atoms with Gasteiger partial charge in [-0.2, -0.15) is 0 Å². The van der Waals surface area contributed by atoms with Crippen molar-refractivity contribution in [2.75, 3.05) is 0 Å². The minimum Gasteiger partial charge on any atom is -0.328 e. The fraction of sp³-hybridized carbons (Fsp3) is 0.357. The molecule has 0 saturated heterocycles. The Balaban J connectivity index is 2.36. The maximum atomic E-state index is 5.28. The number of hydrogen-bond donors (Lipinski definition) is 0. The Morgan fingerprint density at radius 2 is 2.19 bits per heavy atom. The highest BCUT2D eigenvalue weighted by atomic mass is 15.1. The van der Waals surface area contributed by atoms with Crippen LogP contribution in [0.1, 0.15) is 25.6 Å². The van der Waals surface area contributed by atoms with E-state index in [9.17, 15) is 0 Å². The minimum absolute atomic E-state index is 0.829. The topological polar surface area (TPSA) is 17.8 Å². The Hall–Kier alpha value is -1.75. The van der Waals surface area contributed by atoms with Gasteiger partial charge in [0.1, 0.15) is 5.82 Å². The third kappa shape index (κ3) is 1.94. The summed E-state index contributed by atoms with van der Waals surface area (Å²) in [6.07, 6.45) is 8.09. The van der Waals surface area contributed by atoms with Crippen molar-refractivity contribution < 1.29 is 0 Å². The predicted octanol–water partition coefficient (Wildman–Crippen LogP) is 3.01. The molecule has 0 aliphatic heterocycles. The van der Waals surface area contributed by atoms with E-state index in [1.165, 1.54) is 5.52 Å². The summed E-state index contributed by atoms with van der Waals surface area (Å²) < 4.78 is 2.28. The summed E-state index contributed by atoms with van der Waals surface area (Å²) in [4.78, 5) is 4.62. The van der Waals surface area contributed by atoms with E-state index in [2.05, 4.69) is 40.6 Å². The first-order chi connectivity index (χ1) is 7.86. The third-order valence-corrected chi connectivity index (χ3v) is 2.75. The zero-order valence-corrected chi connectivity index (χ0v) is 9.61. The van der Waals surface area contributed by atoms with Crippen LogP contribution in [0.2, 0.25) is 0 Å². The highest BCUT2D eigenvalue weighted by Gasteiger charge is 2.07. The molecule has 0 spiro atoms. The summed E-state index contributed by atoms with van der Waals surface area (Å²) in [6.45, 7) is 3.10. The van der Waals surface area contributed by atoms with Crippen molar-refractivity contribution in [2.45, 2.75) is 32.7 Å². The summed E-state index contributed by atoms with van der Waals surface area (Å²) in [5.41, 5.74) is 2.30. The maximum absolute atomic E-state index is 5.28. The van der Waals surface area contributed by atoms with Gasteiger partial charge in [-0.15, -0.1) is 12.3 Å². The Labute approximate surface area is 96.3 Å². The standard InChI is InChI=1S/C14H16N2/c1-3-5-8-11-16-13-10-7-6-9-12(13)15-14(16)4-2/h1,6-7,9-10H,4-5,8,11H2,2H3. The van der Waals surface area contributed by atoms with Gasteiger partial charge in [0.05, 0.1) is 11.0 Å². The lowest BCUT2D eigenvalue weighted by atomic mass is 10.3. The van der Waals surface area contributed by atoms with E-state index in [0.717, 1.165) is 37.1 Å². The molecule has 2 nitrogen and oxygen atoms in total. The second-order valence-electron chi connectivity index (χ2n) is 3.83. The Morgan fingerprint density at radius 1 is 1.38 bits per heavy atom. The monoisotopic (exact) mass is 212 g/mol. The van der Waals surface area contributed by atoms with Crippen LogP contribution >= 0.6 is 0 Å². The van der Waals surface area contributed by atoms with Crippen molar-refractivity contribution >= 4 is 11.0 Å². The van der Waals surface area contributed by atoms with Crippen LogP contribution in [0.15, 0.2) is 24.3 Å². The van der Waals surface area contributed by atoms with Crippen LogP contribution in [0.5, 0.6) is 0 Å². The number of para-hydroxylation sites is 2.